The predicted octanol–water partition coefficient (Wildman–Crippen LogP) is 2.70. The molecule has 3 saturated heterocycles. The lowest BCUT2D eigenvalue weighted by molar-refractivity contribution is -0.217. The van der Waals surface area contributed by atoms with E-state index in [1.54, 1.807) is 13.8 Å². The molecule has 0 aromatic rings. The fourth-order valence-electron chi connectivity index (χ4n) is 3.75. The molecule has 7 heteroatoms. The number of rotatable bonds is 8. The maximum atomic E-state index is 12.4. The first kappa shape index (κ1) is 19.6. The summed E-state index contributed by atoms with van der Waals surface area (Å²) in [5.41, 5.74) is 0. The number of esters is 2. The summed E-state index contributed by atoms with van der Waals surface area (Å²) in [7, 11) is 0. The Morgan fingerprint density at radius 2 is 1.85 bits per heavy atom. The van der Waals surface area contributed by atoms with Crippen LogP contribution in [-0.4, -0.2) is 48.4 Å². The summed E-state index contributed by atoms with van der Waals surface area (Å²) in [6, 6.07) is 0. The lowest BCUT2D eigenvalue weighted by Gasteiger charge is -2.22. The molecule has 3 heterocycles. The van der Waals surface area contributed by atoms with Crippen molar-refractivity contribution in [3.05, 3.63) is 0 Å². The molecular weight excluding hydrogens is 340 g/mol. The predicted molar refractivity (Wildman–Crippen MR) is 91.0 cm³/mol. The highest BCUT2D eigenvalue weighted by Crippen LogP contribution is 2.43. The van der Waals surface area contributed by atoms with Crippen LogP contribution in [0.5, 0.6) is 0 Å². The molecule has 0 N–H and O–H groups in total. The quantitative estimate of drug-likeness (QED) is 0.480. The summed E-state index contributed by atoms with van der Waals surface area (Å²) in [5, 5.41) is 0. The van der Waals surface area contributed by atoms with Gasteiger partial charge in [0.1, 0.15) is 6.10 Å². The monoisotopic (exact) mass is 370 g/mol. The molecule has 148 valence electrons. The molecule has 0 aromatic carbocycles. The molecule has 6 unspecified atom stereocenters. The van der Waals surface area contributed by atoms with Crippen molar-refractivity contribution in [3.8, 4) is 0 Å². The van der Waals surface area contributed by atoms with E-state index in [9.17, 15) is 9.59 Å². The molecule has 7 nitrogen and oxygen atoms in total. The summed E-state index contributed by atoms with van der Waals surface area (Å²) in [4.78, 5) is 24.5. The van der Waals surface area contributed by atoms with Gasteiger partial charge in [-0.05, 0) is 20.3 Å². The van der Waals surface area contributed by atoms with Gasteiger partial charge in [0.15, 0.2) is 24.3 Å². The zero-order chi connectivity index (χ0) is 18.9. The van der Waals surface area contributed by atoms with Crippen LogP contribution in [0.2, 0.25) is 0 Å². The fraction of sp³-hybridized carbons (Fsp3) is 0.895. The highest BCUT2D eigenvalue weighted by Gasteiger charge is 2.64. The van der Waals surface area contributed by atoms with Crippen molar-refractivity contribution in [2.24, 2.45) is 5.92 Å². The van der Waals surface area contributed by atoms with Crippen molar-refractivity contribution in [2.75, 3.05) is 0 Å². The van der Waals surface area contributed by atoms with Gasteiger partial charge < -0.3 is 23.7 Å². The number of unbranched alkanes of at least 4 members (excludes halogenated alkanes) is 4. The second-order valence-electron chi connectivity index (χ2n) is 7.93. The van der Waals surface area contributed by atoms with Gasteiger partial charge in [0.05, 0.1) is 5.92 Å². The first-order chi connectivity index (χ1) is 12.3. The van der Waals surface area contributed by atoms with Gasteiger partial charge >= 0.3 is 11.9 Å². The van der Waals surface area contributed by atoms with Crippen molar-refractivity contribution in [3.63, 3.8) is 0 Å². The van der Waals surface area contributed by atoms with Crippen LogP contribution in [0.1, 0.15) is 66.2 Å². The third kappa shape index (κ3) is 4.05. The van der Waals surface area contributed by atoms with E-state index in [-0.39, 0.29) is 11.9 Å². The Labute approximate surface area is 154 Å². The fourth-order valence-corrected chi connectivity index (χ4v) is 3.75. The van der Waals surface area contributed by atoms with Crippen molar-refractivity contribution in [2.45, 2.75) is 103 Å². The normalized spacial score (nSPS) is 35.7. The molecule has 0 spiro atoms. The van der Waals surface area contributed by atoms with Gasteiger partial charge in [-0.1, -0.05) is 46.0 Å². The Kier molecular flexibility index (Phi) is 5.89. The smallest absolute Gasteiger partial charge is 0.350 e. The van der Waals surface area contributed by atoms with Gasteiger partial charge in [-0.25, -0.2) is 4.79 Å². The second kappa shape index (κ2) is 7.82. The zero-order valence-corrected chi connectivity index (χ0v) is 16.1. The highest BCUT2D eigenvalue weighted by molar-refractivity contribution is 5.83. The number of hydrogen-bond donors (Lipinski definition) is 0. The van der Waals surface area contributed by atoms with E-state index < -0.39 is 42.5 Å². The van der Waals surface area contributed by atoms with Gasteiger partial charge in [-0.15, -0.1) is 0 Å². The van der Waals surface area contributed by atoms with Gasteiger partial charge in [-0.3, -0.25) is 4.79 Å². The molecule has 0 aliphatic carbocycles. The zero-order valence-electron chi connectivity index (χ0n) is 16.1. The van der Waals surface area contributed by atoms with E-state index in [1.807, 2.05) is 6.92 Å². The summed E-state index contributed by atoms with van der Waals surface area (Å²) in [5.74, 6) is -2.00. The molecule has 3 rings (SSSR count). The van der Waals surface area contributed by atoms with E-state index in [4.69, 9.17) is 23.7 Å². The molecule has 3 fully saturated rings. The van der Waals surface area contributed by atoms with Crippen molar-refractivity contribution in [1.29, 1.82) is 0 Å². The largest absolute Gasteiger partial charge is 0.454 e. The molecule has 3 aliphatic heterocycles. The van der Waals surface area contributed by atoms with E-state index in [0.717, 1.165) is 19.3 Å². The number of carbonyl (C=O) groups excluding carboxylic acids is 2. The van der Waals surface area contributed by atoms with Crippen LogP contribution >= 0.6 is 0 Å². The average Bonchev–Trinajstić information content (AvgIpc) is 3.14. The Bertz CT molecular complexity index is 532. The standard InChI is InChI=1S/C19H30O7/c1-5-6-7-8-9-10-11(2)16(20)23-14-12-13(22-17(14)21)15-18(24-12)26-19(3,4)25-15/h11-15,18H,5-10H2,1-4H3. The first-order valence-electron chi connectivity index (χ1n) is 9.74. The van der Waals surface area contributed by atoms with Crippen molar-refractivity contribution < 1.29 is 33.3 Å². The Morgan fingerprint density at radius 3 is 2.58 bits per heavy atom. The summed E-state index contributed by atoms with van der Waals surface area (Å²) < 4.78 is 28.0. The minimum Gasteiger partial charge on any atom is -0.454 e. The third-order valence-corrected chi connectivity index (χ3v) is 5.20. The van der Waals surface area contributed by atoms with Gasteiger partial charge in [0.2, 0.25) is 6.10 Å². The Balaban J connectivity index is 1.49. The molecule has 26 heavy (non-hydrogen) atoms. The van der Waals surface area contributed by atoms with Crippen LogP contribution in [0.15, 0.2) is 0 Å². The summed E-state index contributed by atoms with van der Waals surface area (Å²) in [6.45, 7) is 7.56. The maximum Gasteiger partial charge on any atom is 0.350 e. The molecular formula is C19H30O7. The second-order valence-corrected chi connectivity index (χ2v) is 7.93. The summed E-state index contributed by atoms with van der Waals surface area (Å²) in [6.07, 6.45) is 3.03. The Hall–Kier alpha value is -1.18. The topological polar surface area (TPSA) is 80.3 Å². The molecule has 3 aliphatic rings. The van der Waals surface area contributed by atoms with E-state index in [2.05, 4.69) is 6.92 Å². The van der Waals surface area contributed by atoms with Crippen LogP contribution in [0.25, 0.3) is 0 Å². The molecule has 0 amide bonds. The van der Waals surface area contributed by atoms with Crippen LogP contribution < -0.4 is 0 Å². The number of ether oxygens (including phenoxy) is 5. The molecule has 0 saturated carbocycles. The minimum absolute atomic E-state index is 0.254. The molecule has 6 atom stereocenters. The summed E-state index contributed by atoms with van der Waals surface area (Å²) >= 11 is 0. The molecule has 0 bridgehead atoms. The van der Waals surface area contributed by atoms with Crippen LogP contribution in [-0.2, 0) is 33.3 Å². The van der Waals surface area contributed by atoms with Gasteiger partial charge in [-0.2, -0.15) is 0 Å². The first-order valence-corrected chi connectivity index (χ1v) is 9.74. The average molecular weight is 370 g/mol. The number of carbonyl (C=O) groups is 2. The molecule has 0 radical (unpaired) electrons. The lowest BCUT2D eigenvalue weighted by Crippen LogP contribution is -2.38. The van der Waals surface area contributed by atoms with E-state index in [1.165, 1.54) is 19.3 Å². The SMILES string of the molecule is CCCCCCCC(C)C(=O)OC1C(=O)OC2C3OC(C)(C)OC3OC12. The lowest BCUT2D eigenvalue weighted by atomic mass is 10.0. The third-order valence-electron chi connectivity index (χ3n) is 5.20. The number of fused-ring (bicyclic) bond motifs is 3. The van der Waals surface area contributed by atoms with E-state index in [0.29, 0.717) is 0 Å². The van der Waals surface area contributed by atoms with E-state index >= 15 is 0 Å². The van der Waals surface area contributed by atoms with Crippen LogP contribution in [0.3, 0.4) is 0 Å². The molecule has 0 aromatic heterocycles. The van der Waals surface area contributed by atoms with Gasteiger partial charge in [0, 0.05) is 0 Å². The minimum atomic E-state index is -1.05. The number of hydrogen-bond acceptors (Lipinski definition) is 7. The van der Waals surface area contributed by atoms with Crippen molar-refractivity contribution in [1.82, 2.24) is 0 Å². The maximum absolute atomic E-state index is 12.4. The van der Waals surface area contributed by atoms with Gasteiger partial charge in [0.25, 0.3) is 0 Å². The van der Waals surface area contributed by atoms with Crippen LogP contribution in [0.4, 0.5) is 0 Å². The highest BCUT2D eigenvalue weighted by atomic mass is 16.8. The van der Waals surface area contributed by atoms with Crippen LogP contribution in [0, 0.1) is 5.92 Å². The Morgan fingerprint density at radius 1 is 1.12 bits per heavy atom. The van der Waals surface area contributed by atoms with Crippen molar-refractivity contribution >= 4 is 11.9 Å².